The highest BCUT2D eigenvalue weighted by Gasteiger charge is 2.14. The molecule has 0 aliphatic carbocycles. The van der Waals surface area contributed by atoms with E-state index in [-0.39, 0.29) is 11.9 Å². The standard InChI is InChI=1S/C13H20BrN3O/c1-3-12(8-13(15)16-18)17(2)9-10-4-6-11(14)7-5-10/h4-7,12,18H,3,8-9H2,1-2H3,(H2,15,16). The Balaban J connectivity index is 2.61. The number of nitrogens with two attached hydrogens (primary N) is 1. The minimum absolute atomic E-state index is 0.282. The SMILES string of the molecule is CCC(C/C(N)=N/O)N(C)Cc1ccc(Br)cc1. The van der Waals surface area contributed by atoms with Gasteiger partial charge in [0, 0.05) is 23.5 Å². The maximum atomic E-state index is 8.62. The van der Waals surface area contributed by atoms with Gasteiger partial charge >= 0.3 is 0 Å². The van der Waals surface area contributed by atoms with Crippen LogP contribution >= 0.6 is 15.9 Å². The monoisotopic (exact) mass is 313 g/mol. The normalized spacial score (nSPS) is 13.9. The molecule has 5 heteroatoms. The van der Waals surface area contributed by atoms with Crippen molar-refractivity contribution in [2.24, 2.45) is 10.9 Å². The quantitative estimate of drug-likeness (QED) is 0.367. The van der Waals surface area contributed by atoms with Gasteiger partial charge in [0.2, 0.25) is 0 Å². The first kappa shape index (κ1) is 15.0. The number of oxime groups is 1. The highest BCUT2D eigenvalue weighted by molar-refractivity contribution is 9.10. The molecule has 0 spiro atoms. The largest absolute Gasteiger partial charge is 0.409 e. The van der Waals surface area contributed by atoms with Gasteiger partial charge in [-0.3, -0.25) is 4.90 Å². The van der Waals surface area contributed by atoms with Crippen LogP contribution in [-0.2, 0) is 6.54 Å². The molecule has 4 nitrogen and oxygen atoms in total. The lowest BCUT2D eigenvalue weighted by Gasteiger charge is -2.26. The minimum Gasteiger partial charge on any atom is -0.409 e. The Morgan fingerprint density at radius 1 is 1.44 bits per heavy atom. The molecule has 0 heterocycles. The second-order valence-electron chi connectivity index (χ2n) is 4.40. The van der Waals surface area contributed by atoms with Crippen molar-refractivity contribution in [3.05, 3.63) is 34.3 Å². The lowest BCUT2D eigenvalue weighted by molar-refractivity contribution is 0.230. The summed E-state index contributed by atoms with van der Waals surface area (Å²) in [6.45, 7) is 2.96. The van der Waals surface area contributed by atoms with Crippen molar-refractivity contribution in [1.82, 2.24) is 4.90 Å². The van der Waals surface area contributed by atoms with Gasteiger partial charge in [-0.25, -0.2) is 0 Å². The van der Waals surface area contributed by atoms with Crippen molar-refractivity contribution in [1.29, 1.82) is 0 Å². The van der Waals surface area contributed by atoms with Gasteiger partial charge in [0.15, 0.2) is 0 Å². The van der Waals surface area contributed by atoms with Gasteiger partial charge in [-0.05, 0) is 31.2 Å². The van der Waals surface area contributed by atoms with E-state index in [1.54, 1.807) is 0 Å². The molecule has 0 saturated heterocycles. The molecular formula is C13H20BrN3O. The average Bonchev–Trinajstić information content (AvgIpc) is 2.38. The molecule has 3 N–H and O–H groups in total. The Hall–Kier alpha value is -1.07. The van der Waals surface area contributed by atoms with E-state index in [2.05, 4.69) is 52.1 Å². The molecule has 0 aliphatic heterocycles. The van der Waals surface area contributed by atoms with Gasteiger partial charge in [0.25, 0.3) is 0 Å². The van der Waals surface area contributed by atoms with E-state index in [9.17, 15) is 0 Å². The molecule has 100 valence electrons. The van der Waals surface area contributed by atoms with Crippen molar-refractivity contribution >= 4 is 21.8 Å². The van der Waals surface area contributed by atoms with Crippen LogP contribution in [0, 0.1) is 0 Å². The number of amidine groups is 1. The van der Waals surface area contributed by atoms with E-state index >= 15 is 0 Å². The predicted molar refractivity (Wildman–Crippen MR) is 77.7 cm³/mol. The molecule has 0 saturated carbocycles. The summed E-state index contributed by atoms with van der Waals surface area (Å²) in [4.78, 5) is 2.22. The van der Waals surface area contributed by atoms with Gasteiger partial charge in [-0.2, -0.15) is 0 Å². The molecule has 1 rings (SSSR count). The first-order valence-corrected chi connectivity index (χ1v) is 6.77. The summed E-state index contributed by atoms with van der Waals surface area (Å²) < 4.78 is 1.08. The first-order chi connectivity index (χ1) is 8.56. The topological polar surface area (TPSA) is 61.9 Å². The van der Waals surface area contributed by atoms with Crippen LogP contribution in [0.15, 0.2) is 33.9 Å². The van der Waals surface area contributed by atoms with Crippen molar-refractivity contribution in [3.63, 3.8) is 0 Å². The molecule has 1 unspecified atom stereocenters. The number of hydrogen-bond donors (Lipinski definition) is 2. The third kappa shape index (κ3) is 4.66. The lowest BCUT2D eigenvalue weighted by Crippen LogP contribution is -2.34. The Morgan fingerprint density at radius 2 is 2.06 bits per heavy atom. The average molecular weight is 314 g/mol. The first-order valence-electron chi connectivity index (χ1n) is 5.97. The van der Waals surface area contributed by atoms with Crippen LogP contribution in [0.1, 0.15) is 25.3 Å². The number of rotatable bonds is 6. The maximum Gasteiger partial charge on any atom is 0.140 e. The highest BCUT2D eigenvalue weighted by atomic mass is 79.9. The molecule has 18 heavy (non-hydrogen) atoms. The zero-order chi connectivity index (χ0) is 13.5. The molecular weight excluding hydrogens is 294 g/mol. The summed E-state index contributed by atoms with van der Waals surface area (Å²) in [5.74, 6) is 0.282. The van der Waals surface area contributed by atoms with E-state index < -0.39 is 0 Å². The number of nitrogens with zero attached hydrogens (tertiary/aromatic N) is 2. The summed E-state index contributed by atoms with van der Waals surface area (Å²) in [6.07, 6.45) is 1.54. The van der Waals surface area contributed by atoms with Crippen molar-refractivity contribution in [2.75, 3.05) is 7.05 Å². The molecule has 0 bridgehead atoms. The van der Waals surface area contributed by atoms with Crippen molar-refractivity contribution in [3.8, 4) is 0 Å². The van der Waals surface area contributed by atoms with Crippen LogP contribution in [0.5, 0.6) is 0 Å². The van der Waals surface area contributed by atoms with Crippen LogP contribution in [0.2, 0.25) is 0 Å². The fourth-order valence-corrected chi connectivity index (χ4v) is 2.17. The predicted octanol–water partition coefficient (Wildman–Crippen LogP) is 2.80. The summed E-state index contributed by atoms with van der Waals surface area (Å²) in [5.41, 5.74) is 6.82. The molecule has 1 atom stereocenters. The Labute approximate surface area is 117 Å². The molecule has 1 aromatic rings. The summed E-state index contributed by atoms with van der Waals surface area (Å²) in [5, 5.41) is 11.7. The van der Waals surface area contributed by atoms with Crippen molar-refractivity contribution < 1.29 is 5.21 Å². The van der Waals surface area contributed by atoms with Crippen LogP contribution in [0.4, 0.5) is 0 Å². The van der Waals surface area contributed by atoms with E-state index in [4.69, 9.17) is 10.9 Å². The second kappa shape index (κ2) is 7.38. The molecule has 0 radical (unpaired) electrons. The number of hydrogen-bond acceptors (Lipinski definition) is 3. The van der Waals surface area contributed by atoms with E-state index in [0.29, 0.717) is 6.42 Å². The van der Waals surface area contributed by atoms with Gasteiger partial charge in [-0.1, -0.05) is 40.1 Å². The number of benzene rings is 1. The second-order valence-corrected chi connectivity index (χ2v) is 5.31. The van der Waals surface area contributed by atoms with Gasteiger partial charge in [-0.15, -0.1) is 0 Å². The van der Waals surface area contributed by atoms with Crippen LogP contribution in [0.3, 0.4) is 0 Å². The summed E-state index contributed by atoms with van der Waals surface area (Å²) in [7, 11) is 2.06. The Bertz CT molecular complexity index is 392. The van der Waals surface area contributed by atoms with E-state index in [1.165, 1.54) is 5.56 Å². The molecule has 0 amide bonds. The minimum atomic E-state index is 0.282. The van der Waals surface area contributed by atoms with Gasteiger partial charge in [0.05, 0.1) is 0 Å². The lowest BCUT2D eigenvalue weighted by atomic mass is 10.1. The van der Waals surface area contributed by atoms with Gasteiger partial charge < -0.3 is 10.9 Å². The van der Waals surface area contributed by atoms with Crippen molar-refractivity contribution in [2.45, 2.75) is 32.4 Å². The molecule has 0 aliphatic rings. The van der Waals surface area contributed by atoms with E-state index in [0.717, 1.165) is 17.4 Å². The molecule has 0 aromatic heterocycles. The fraction of sp³-hybridized carbons (Fsp3) is 0.462. The fourth-order valence-electron chi connectivity index (χ4n) is 1.90. The maximum absolute atomic E-state index is 8.62. The molecule has 1 aromatic carbocycles. The number of halogens is 1. The van der Waals surface area contributed by atoms with Crippen LogP contribution < -0.4 is 5.73 Å². The van der Waals surface area contributed by atoms with Crippen LogP contribution in [-0.4, -0.2) is 29.0 Å². The van der Waals surface area contributed by atoms with E-state index in [1.807, 2.05) is 12.1 Å². The third-order valence-electron chi connectivity index (χ3n) is 3.01. The molecule has 0 fully saturated rings. The highest BCUT2D eigenvalue weighted by Crippen LogP contribution is 2.14. The Kier molecular flexibility index (Phi) is 6.15. The third-order valence-corrected chi connectivity index (χ3v) is 3.54. The summed E-state index contributed by atoms with van der Waals surface area (Å²) in [6, 6.07) is 8.54. The van der Waals surface area contributed by atoms with Crippen LogP contribution in [0.25, 0.3) is 0 Å². The van der Waals surface area contributed by atoms with Gasteiger partial charge in [0.1, 0.15) is 5.84 Å². The Morgan fingerprint density at radius 3 is 2.56 bits per heavy atom. The zero-order valence-corrected chi connectivity index (χ0v) is 12.4. The smallest absolute Gasteiger partial charge is 0.140 e. The zero-order valence-electron chi connectivity index (χ0n) is 10.8. The summed E-state index contributed by atoms with van der Waals surface area (Å²) >= 11 is 3.42.